The third-order valence-corrected chi connectivity index (χ3v) is 3.45. The van der Waals surface area contributed by atoms with E-state index in [0.717, 1.165) is 18.6 Å². The molecular formula is C13H11F4N. The Bertz CT molecular complexity index is 495. The molecule has 1 aromatic rings. The molecule has 0 N–H and O–H groups in total. The predicted molar refractivity (Wildman–Crippen MR) is 57.0 cm³/mol. The zero-order chi connectivity index (χ0) is 13.4. The second-order valence-electron chi connectivity index (χ2n) is 4.72. The Morgan fingerprint density at radius 2 is 1.94 bits per heavy atom. The highest BCUT2D eigenvalue weighted by Gasteiger charge is 2.41. The topological polar surface area (TPSA) is 23.8 Å². The Morgan fingerprint density at radius 1 is 1.28 bits per heavy atom. The first kappa shape index (κ1) is 12.9. The van der Waals surface area contributed by atoms with Gasteiger partial charge >= 0.3 is 6.18 Å². The molecule has 2 rings (SSSR count). The summed E-state index contributed by atoms with van der Waals surface area (Å²) in [7, 11) is 0. The maximum Gasteiger partial charge on any atom is 0.416 e. The molecule has 96 valence electrons. The summed E-state index contributed by atoms with van der Waals surface area (Å²) in [5.74, 6) is -0.911. The lowest BCUT2D eigenvalue weighted by Gasteiger charge is -2.35. The summed E-state index contributed by atoms with van der Waals surface area (Å²) < 4.78 is 51.3. The highest BCUT2D eigenvalue weighted by atomic mass is 19.4. The van der Waals surface area contributed by atoms with Crippen molar-refractivity contribution >= 4 is 0 Å². The average Bonchev–Trinajstić information content (AvgIpc) is 2.24. The third kappa shape index (κ3) is 2.33. The molecule has 0 amide bonds. The van der Waals surface area contributed by atoms with E-state index >= 15 is 0 Å². The van der Waals surface area contributed by atoms with Gasteiger partial charge in [-0.1, -0.05) is 12.5 Å². The summed E-state index contributed by atoms with van der Waals surface area (Å²) in [6.07, 6.45) is -2.47. The van der Waals surface area contributed by atoms with Gasteiger partial charge in [0, 0.05) is 0 Å². The highest BCUT2D eigenvalue weighted by molar-refractivity contribution is 5.33. The molecule has 1 aromatic carbocycles. The standard InChI is InChI=1S/C13H11F4N/c14-10-3-2-9(11(6-10)13(15,16)17)7-12(8-18)4-1-5-12/h2-3,6H,1,4-5,7H2. The molecule has 18 heavy (non-hydrogen) atoms. The van der Waals surface area contributed by atoms with E-state index in [1.165, 1.54) is 0 Å². The zero-order valence-electron chi connectivity index (χ0n) is 9.52. The van der Waals surface area contributed by atoms with Gasteiger partial charge in [0.2, 0.25) is 0 Å². The van der Waals surface area contributed by atoms with Gasteiger partial charge in [-0.2, -0.15) is 18.4 Å². The van der Waals surface area contributed by atoms with E-state index in [2.05, 4.69) is 6.07 Å². The molecule has 5 heteroatoms. The lowest BCUT2D eigenvalue weighted by Crippen LogP contribution is -2.30. The fraction of sp³-hybridized carbons (Fsp3) is 0.462. The monoisotopic (exact) mass is 257 g/mol. The predicted octanol–water partition coefficient (Wildman–Crippen LogP) is 4.08. The van der Waals surface area contributed by atoms with Crippen LogP contribution in [-0.4, -0.2) is 0 Å². The fourth-order valence-electron chi connectivity index (χ4n) is 2.26. The van der Waals surface area contributed by atoms with Crippen LogP contribution in [0.3, 0.4) is 0 Å². The van der Waals surface area contributed by atoms with E-state index in [1.807, 2.05) is 0 Å². The number of nitrogens with zero attached hydrogens (tertiary/aromatic N) is 1. The van der Waals surface area contributed by atoms with Crippen molar-refractivity contribution in [2.45, 2.75) is 31.9 Å². The summed E-state index contributed by atoms with van der Waals surface area (Å²) in [6, 6.07) is 4.74. The molecule has 1 fully saturated rings. The van der Waals surface area contributed by atoms with E-state index < -0.39 is 23.0 Å². The number of hydrogen-bond donors (Lipinski definition) is 0. The van der Waals surface area contributed by atoms with E-state index in [4.69, 9.17) is 5.26 Å². The number of alkyl halides is 3. The van der Waals surface area contributed by atoms with Crippen LogP contribution in [0.4, 0.5) is 17.6 Å². The van der Waals surface area contributed by atoms with Gasteiger partial charge in [0.05, 0.1) is 17.0 Å². The minimum absolute atomic E-state index is 0.00477. The van der Waals surface area contributed by atoms with Gasteiger partial charge in [-0.25, -0.2) is 4.39 Å². The molecule has 0 saturated heterocycles. The molecule has 1 aliphatic carbocycles. The van der Waals surface area contributed by atoms with Gasteiger partial charge in [0.15, 0.2) is 0 Å². The van der Waals surface area contributed by atoms with Gasteiger partial charge in [-0.3, -0.25) is 0 Å². The van der Waals surface area contributed by atoms with Crippen molar-refractivity contribution in [3.8, 4) is 6.07 Å². The molecule has 0 aliphatic heterocycles. The van der Waals surface area contributed by atoms with Crippen molar-refractivity contribution in [1.82, 2.24) is 0 Å². The van der Waals surface area contributed by atoms with E-state index in [-0.39, 0.29) is 12.0 Å². The molecule has 0 aromatic heterocycles. The molecule has 1 saturated carbocycles. The van der Waals surface area contributed by atoms with Gasteiger partial charge in [0.1, 0.15) is 5.82 Å². The quantitative estimate of drug-likeness (QED) is 0.732. The Kier molecular flexibility index (Phi) is 3.05. The van der Waals surface area contributed by atoms with E-state index in [1.54, 1.807) is 0 Å². The van der Waals surface area contributed by atoms with E-state index in [0.29, 0.717) is 18.9 Å². The van der Waals surface area contributed by atoms with Crippen LogP contribution in [0.15, 0.2) is 18.2 Å². The minimum Gasteiger partial charge on any atom is -0.207 e. The SMILES string of the molecule is N#CC1(Cc2ccc(F)cc2C(F)(F)F)CCC1. The average molecular weight is 257 g/mol. The first-order valence-corrected chi connectivity index (χ1v) is 5.63. The Balaban J connectivity index is 2.36. The normalized spacial score (nSPS) is 17.9. The van der Waals surface area contributed by atoms with Crippen LogP contribution in [0.2, 0.25) is 0 Å². The van der Waals surface area contributed by atoms with Crippen LogP contribution >= 0.6 is 0 Å². The fourth-order valence-corrected chi connectivity index (χ4v) is 2.26. The van der Waals surface area contributed by atoms with Crippen LogP contribution in [-0.2, 0) is 12.6 Å². The summed E-state index contributed by atoms with van der Waals surface area (Å²) in [5, 5.41) is 9.04. The number of nitriles is 1. The Morgan fingerprint density at radius 3 is 2.39 bits per heavy atom. The first-order valence-electron chi connectivity index (χ1n) is 5.63. The molecule has 0 unspecified atom stereocenters. The maximum atomic E-state index is 12.9. The Hall–Kier alpha value is -1.57. The van der Waals surface area contributed by atoms with Crippen LogP contribution in [0, 0.1) is 22.6 Å². The largest absolute Gasteiger partial charge is 0.416 e. The molecular weight excluding hydrogens is 246 g/mol. The van der Waals surface area contributed by atoms with Gasteiger partial charge in [-0.15, -0.1) is 0 Å². The van der Waals surface area contributed by atoms with Crippen LogP contribution < -0.4 is 0 Å². The zero-order valence-corrected chi connectivity index (χ0v) is 9.52. The first-order chi connectivity index (χ1) is 8.36. The number of benzene rings is 1. The Labute approximate surface area is 102 Å². The highest BCUT2D eigenvalue weighted by Crippen LogP contribution is 2.45. The van der Waals surface area contributed by atoms with Gasteiger partial charge in [0.25, 0.3) is 0 Å². The van der Waals surface area contributed by atoms with Crippen molar-refractivity contribution < 1.29 is 17.6 Å². The summed E-state index contributed by atoms with van der Waals surface area (Å²) in [5.41, 5.74) is -1.66. The van der Waals surface area contributed by atoms with Crippen LogP contribution in [0.5, 0.6) is 0 Å². The summed E-state index contributed by atoms with van der Waals surface area (Å²) >= 11 is 0. The van der Waals surface area contributed by atoms with Crippen molar-refractivity contribution in [2.75, 3.05) is 0 Å². The van der Waals surface area contributed by atoms with Crippen molar-refractivity contribution in [1.29, 1.82) is 5.26 Å². The summed E-state index contributed by atoms with van der Waals surface area (Å²) in [4.78, 5) is 0. The van der Waals surface area contributed by atoms with Crippen molar-refractivity contribution in [3.05, 3.63) is 35.1 Å². The molecule has 0 heterocycles. The number of halogens is 4. The number of rotatable bonds is 2. The maximum absolute atomic E-state index is 12.9. The number of hydrogen-bond acceptors (Lipinski definition) is 1. The van der Waals surface area contributed by atoms with Gasteiger partial charge < -0.3 is 0 Å². The second-order valence-corrected chi connectivity index (χ2v) is 4.72. The second kappa shape index (κ2) is 4.27. The molecule has 0 bridgehead atoms. The van der Waals surface area contributed by atoms with Crippen LogP contribution in [0.1, 0.15) is 30.4 Å². The lowest BCUT2D eigenvalue weighted by molar-refractivity contribution is -0.138. The smallest absolute Gasteiger partial charge is 0.207 e. The van der Waals surface area contributed by atoms with Crippen LogP contribution in [0.25, 0.3) is 0 Å². The third-order valence-electron chi connectivity index (χ3n) is 3.45. The van der Waals surface area contributed by atoms with Crippen molar-refractivity contribution in [3.63, 3.8) is 0 Å². The van der Waals surface area contributed by atoms with Gasteiger partial charge in [-0.05, 0) is 37.0 Å². The molecule has 1 aliphatic rings. The summed E-state index contributed by atoms with van der Waals surface area (Å²) in [6.45, 7) is 0. The van der Waals surface area contributed by atoms with E-state index in [9.17, 15) is 17.6 Å². The molecule has 1 nitrogen and oxygen atoms in total. The molecule has 0 atom stereocenters. The molecule has 0 spiro atoms. The minimum atomic E-state index is -4.59. The lowest BCUT2D eigenvalue weighted by atomic mass is 9.66. The van der Waals surface area contributed by atoms with Crippen molar-refractivity contribution in [2.24, 2.45) is 5.41 Å². The molecule has 0 radical (unpaired) electrons.